The van der Waals surface area contributed by atoms with Crippen molar-refractivity contribution in [3.63, 3.8) is 0 Å². The Balaban J connectivity index is 1.44. The molecule has 1 N–H and O–H groups in total. The third-order valence-electron chi connectivity index (χ3n) is 7.23. The van der Waals surface area contributed by atoms with E-state index >= 15 is 0 Å². The van der Waals surface area contributed by atoms with Crippen molar-refractivity contribution >= 4 is 10.0 Å². The standard InChI is InChI=1S/C26H30N4O3S/c1-19-6-2-3-7-25(19)34(32,33)29-12-4-5-13-30-23(16-29)26(24(30)17-31)21-10-8-20(9-11-21)22-14-27-18-28-15-22/h2-3,6-11,14-15,18,23-24,26,31H,4-5,12-13,16-17H2,1H3/t23-,24+,26-/m0/s1. The lowest BCUT2D eigenvalue weighted by atomic mass is 9.74. The van der Waals surface area contributed by atoms with Gasteiger partial charge in [0.25, 0.3) is 0 Å². The average molecular weight is 479 g/mol. The Morgan fingerprint density at radius 3 is 2.38 bits per heavy atom. The minimum absolute atomic E-state index is 0.00276. The molecule has 2 fully saturated rings. The van der Waals surface area contributed by atoms with Crippen LogP contribution in [0.5, 0.6) is 0 Å². The second-order valence-electron chi connectivity index (χ2n) is 9.17. The first kappa shape index (κ1) is 23.1. The Kier molecular flexibility index (Phi) is 6.48. The number of rotatable bonds is 5. The molecular weight excluding hydrogens is 448 g/mol. The van der Waals surface area contributed by atoms with Crippen molar-refractivity contribution in [1.29, 1.82) is 0 Å². The molecule has 7 nitrogen and oxygen atoms in total. The maximum atomic E-state index is 13.6. The molecule has 2 saturated heterocycles. The maximum absolute atomic E-state index is 13.6. The molecule has 1 aromatic heterocycles. The molecule has 3 atom stereocenters. The highest BCUT2D eigenvalue weighted by Gasteiger charge is 2.50. The number of benzene rings is 2. The zero-order valence-electron chi connectivity index (χ0n) is 19.3. The van der Waals surface area contributed by atoms with Gasteiger partial charge in [-0.3, -0.25) is 4.90 Å². The number of fused-ring (bicyclic) bond motifs is 1. The van der Waals surface area contributed by atoms with E-state index in [4.69, 9.17) is 0 Å². The quantitative estimate of drug-likeness (QED) is 0.607. The molecule has 0 unspecified atom stereocenters. The first-order valence-corrected chi connectivity index (χ1v) is 13.2. The molecule has 0 radical (unpaired) electrons. The summed E-state index contributed by atoms with van der Waals surface area (Å²) in [6.45, 7) is 3.72. The van der Waals surface area contributed by atoms with Gasteiger partial charge in [0.2, 0.25) is 10.0 Å². The molecule has 8 heteroatoms. The number of aliphatic hydroxyl groups excluding tert-OH is 1. The van der Waals surface area contributed by atoms with Gasteiger partial charge < -0.3 is 5.11 Å². The Bertz CT molecular complexity index is 1230. The molecule has 0 bridgehead atoms. The summed E-state index contributed by atoms with van der Waals surface area (Å²) in [5, 5.41) is 10.2. The van der Waals surface area contributed by atoms with E-state index in [-0.39, 0.29) is 24.6 Å². The van der Waals surface area contributed by atoms with Gasteiger partial charge in [-0.05, 0) is 49.1 Å². The van der Waals surface area contributed by atoms with E-state index in [0.717, 1.165) is 41.6 Å². The summed E-state index contributed by atoms with van der Waals surface area (Å²) in [5.41, 5.74) is 3.86. The average Bonchev–Trinajstić information content (AvgIpc) is 2.84. The maximum Gasteiger partial charge on any atom is 0.243 e. The van der Waals surface area contributed by atoms with Gasteiger partial charge in [-0.25, -0.2) is 18.4 Å². The zero-order valence-corrected chi connectivity index (χ0v) is 20.1. The number of aromatic nitrogens is 2. The van der Waals surface area contributed by atoms with E-state index in [9.17, 15) is 13.5 Å². The Hall–Kier alpha value is -2.65. The lowest BCUT2D eigenvalue weighted by molar-refractivity contribution is -0.0553. The minimum Gasteiger partial charge on any atom is -0.395 e. The molecule has 178 valence electrons. The van der Waals surface area contributed by atoms with Crippen LogP contribution in [0.1, 0.15) is 29.9 Å². The summed E-state index contributed by atoms with van der Waals surface area (Å²) in [4.78, 5) is 10.9. The lowest BCUT2D eigenvalue weighted by Gasteiger charge is -2.57. The highest BCUT2D eigenvalue weighted by atomic mass is 32.2. The first-order valence-electron chi connectivity index (χ1n) is 11.8. The number of hydrogen-bond acceptors (Lipinski definition) is 6. The van der Waals surface area contributed by atoms with Gasteiger partial charge in [0.15, 0.2) is 0 Å². The molecule has 0 saturated carbocycles. The highest BCUT2D eigenvalue weighted by molar-refractivity contribution is 7.89. The Morgan fingerprint density at radius 1 is 0.971 bits per heavy atom. The predicted octanol–water partition coefficient (Wildman–Crippen LogP) is 3.07. The SMILES string of the molecule is Cc1ccccc1S(=O)(=O)N1CCCCN2[C@H](CO)[C@@H](c3ccc(-c4cncnc4)cc3)[C@@H]2C1. The van der Waals surface area contributed by atoms with Crippen LogP contribution < -0.4 is 0 Å². The molecular formula is C26H30N4O3S. The smallest absolute Gasteiger partial charge is 0.243 e. The van der Waals surface area contributed by atoms with Crippen molar-refractivity contribution in [3.05, 3.63) is 78.4 Å². The van der Waals surface area contributed by atoms with Crippen LogP contribution in [0, 0.1) is 6.92 Å². The largest absolute Gasteiger partial charge is 0.395 e. The van der Waals surface area contributed by atoms with Gasteiger partial charge in [-0.15, -0.1) is 0 Å². The molecule has 3 heterocycles. The molecule has 2 aromatic carbocycles. The number of hydrogen-bond donors (Lipinski definition) is 1. The number of nitrogens with zero attached hydrogens (tertiary/aromatic N) is 4. The third-order valence-corrected chi connectivity index (χ3v) is 9.26. The van der Waals surface area contributed by atoms with Crippen LogP contribution >= 0.6 is 0 Å². The van der Waals surface area contributed by atoms with E-state index in [1.807, 2.05) is 19.1 Å². The topological polar surface area (TPSA) is 86.6 Å². The van der Waals surface area contributed by atoms with Crippen LogP contribution in [-0.4, -0.2) is 71.0 Å². The van der Waals surface area contributed by atoms with Crippen LogP contribution in [0.25, 0.3) is 11.1 Å². The Labute approximate surface area is 201 Å². The summed E-state index contributed by atoms with van der Waals surface area (Å²) < 4.78 is 28.8. The van der Waals surface area contributed by atoms with Gasteiger partial charge in [-0.2, -0.15) is 4.31 Å². The molecule has 0 spiro atoms. The number of sulfonamides is 1. The molecule has 2 aliphatic rings. The van der Waals surface area contributed by atoms with Crippen LogP contribution in [0.15, 0.2) is 72.1 Å². The molecule has 5 rings (SSSR count). The molecule has 34 heavy (non-hydrogen) atoms. The Morgan fingerprint density at radius 2 is 1.68 bits per heavy atom. The van der Waals surface area contributed by atoms with E-state index < -0.39 is 10.0 Å². The molecule has 0 aliphatic carbocycles. The van der Waals surface area contributed by atoms with Crippen LogP contribution in [0.4, 0.5) is 0 Å². The van der Waals surface area contributed by atoms with Gasteiger partial charge >= 0.3 is 0 Å². The minimum atomic E-state index is -3.60. The van der Waals surface area contributed by atoms with Crippen molar-refractivity contribution < 1.29 is 13.5 Å². The van der Waals surface area contributed by atoms with Crippen molar-refractivity contribution in [1.82, 2.24) is 19.2 Å². The van der Waals surface area contributed by atoms with E-state index in [1.165, 1.54) is 6.33 Å². The van der Waals surface area contributed by atoms with Crippen molar-refractivity contribution in [2.45, 2.75) is 42.7 Å². The summed E-state index contributed by atoms with van der Waals surface area (Å²) in [6.07, 6.45) is 6.80. The second-order valence-corrected chi connectivity index (χ2v) is 11.1. The summed E-state index contributed by atoms with van der Waals surface area (Å²) >= 11 is 0. The van der Waals surface area contributed by atoms with Crippen molar-refractivity contribution in [2.75, 3.05) is 26.2 Å². The molecule has 0 amide bonds. The lowest BCUT2D eigenvalue weighted by Crippen LogP contribution is -2.67. The fourth-order valence-electron chi connectivity index (χ4n) is 5.46. The molecule has 3 aromatic rings. The second kappa shape index (κ2) is 9.54. The van der Waals surface area contributed by atoms with Gasteiger partial charge in [0.1, 0.15) is 6.33 Å². The first-order chi connectivity index (χ1) is 16.5. The predicted molar refractivity (Wildman–Crippen MR) is 131 cm³/mol. The van der Waals surface area contributed by atoms with Crippen molar-refractivity contribution in [3.8, 4) is 11.1 Å². The van der Waals surface area contributed by atoms with Gasteiger partial charge in [-0.1, -0.05) is 42.5 Å². The van der Waals surface area contributed by atoms with Crippen LogP contribution in [-0.2, 0) is 10.0 Å². The third kappa shape index (κ3) is 4.15. The van der Waals surface area contributed by atoms with Gasteiger partial charge in [0, 0.05) is 49.0 Å². The van der Waals surface area contributed by atoms with E-state index in [0.29, 0.717) is 18.0 Å². The number of aryl methyl sites for hydroxylation is 1. The summed E-state index contributed by atoms with van der Waals surface area (Å²) in [7, 11) is -3.60. The van der Waals surface area contributed by atoms with Crippen molar-refractivity contribution in [2.24, 2.45) is 0 Å². The van der Waals surface area contributed by atoms with Crippen LogP contribution in [0.2, 0.25) is 0 Å². The summed E-state index contributed by atoms with van der Waals surface area (Å²) in [5.74, 6) is 0.0683. The van der Waals surface area contributed by atoms with E-state index in [1.54, 1.807) is 28.8 Å². The highest BCUT2D eigenvalue weighted by Crippen LogP contribution is 2.43. The van der Waals surface area contributed by atoms with Crippen LogP contribution in [0.3, 0.4) is 0 Å². The zero-order chi connectivity index (χ0) is 23.7. The van der Waals surface area contributed by atoms with Gasteiger partial charge in [0.05, 0.1) is 11.5 Å². The van der Waals surface area contributed by atoms with E-state index in [2.05, 4.69) is 39.1 Å². The number of aliphatic hydroxyl groups is 1. The summed E-state index contributed by atoms with van der Waals surface area (Å²) in [6, 6.07) is 15.5. The fourth-order valence-corrected chi connectivity index (χ4v) is 7.18. The normalized spacial score (nSPS) is 24.0. The molecule has 2 aliphatic heterocycles. The monoisotopic (exact) mass is 478 g/mol. The fraction of sp³-hybridized carbons (Fsp3) is 0.385.